The second-order valence-electron chi connectivity index (χ2n) is 8.77. The second-order valence-corrected chi connectivity index (χ2v) is 9.74. The van der Waals surface area contributed by atoms with Crippen LogP contribution in [0.5, 0.6) is 5.75 Å². The molecule has 164 valence electrons. The lowest BCUT2D eigenvalue weighted by Crippen LogP contribution is -2.26. The van der Waals surface area contributed by atoms with Crippen LogP contribution in [0.1, 0.15) is 49.4 Å². The van der Waals surface area contributed by atoms with E-state index >= 15 is 0 Å². The van der Waals surface area contributed by atoms with Gasteiger partial charge < -0.3 is 9.84 Å². The summed E-state index contributed by atoms with van der Waals surface area (Å²) in [5.74, 6) is 0.593. The summed E-state index contributed by atoms with van der Waals surface area (Å²) in [7, 11) is 0. The Balaban J connectivity index is 1.44. The summed E-state index contributed by atoms with van der Waals surface area (Å²) in [5.41, 5.74) is 5.23. The van der Waals surface area contributed by atoms with Crippen molar-refractivity contribution in [3.63, 3.8) is 0 Å². The van der Waals surface area contributed by atoms with Crippen molar-refractivity contribution in [3.05, 3.63) is 53.1 Å². The Hall–Kier alpha value is -2.79. The van der Waals surface area contributed by atoms with Gasteiger partial charge in [-0.05, 0) is 62.4 Å². The zero-order chi connectivity index (χ0) is 22.2. The number of aromatic nitrogens is 2. The highest BCUT2D eigenvalue weighted by Crippen LogP contribution is 2.43. The van der Waals surface area contributed by atoms with E-state index in [0.717, 1.165) is 53.5 Å². The molecular weight excluding hydrogens is 420 g/mol. The highest BCUT2D eigenvalue weighted by molar-refractivity contribution is 7.17. The molecule has 2 aliphatic rings. The van der Waals surface area contributed by atoms with Gasteiger partial charge in [-0.1, -0.05) is 29.5 Å². The third kappa shape index (κ3) is 3.90. The largest absolute Gasteiger partial charge is 0.490 e. The summed E-state index contributed by atoms with van der Waals surface area (Å²) in [6.07, 6.45) is 2.75. The van der Waals surface area contributed by atoms with Crippen LogP contribution in [0.4, 0.5) is 0 Å². The summed E-state index contributed by atoms with van der Waals surface area (Å²) in [6, 6.07) is 14.7. The van der Waals surface area contributed by atoms with Gasteiger partial charge >= 0.3 is 0 Å². The zero-order valence-electron chi connectivity index (χ0n) is 18.3. The van der Waals surface area contributed by atoms with E-state index in [1.807, 2.05) is 32.0 Å². The second kappa shape index (κ2) is 8.62. The van der Waals surface area contributed by atoms with E-state index in [9.17, 15) is 10.4 Å². The molecular formula is C25H26N4O2S. The van der Waals surface area contributed by atoms with E-state index in [1.165, 1.54) is 11.1 Å². The zero-order valence-corrected chi connectivity index (χ0v) is 19.1. The summed E-state index contributed by atoms with van der Waals surface area (Å²) < 4.78 is 5.74. The van der Waals surface area contributed by atoms with E-state index in [1.54, 1.807) is 11.3 Å². The van der Waals surface area contributed by atoms with Crippen molar-refractivity contribution in [2.24, 2.45) is 0 Å². The van der Waals surface area contributed by atoms with Crippen LogP contribution >= 0.6 is 11.3 Å². The van der Waals surface area contributed by atoms with Gasteiger partial charge in [0.2, 0.25) is 0 Å². The number of rotatable bonds is 5. The Morgan fingerprint density at radius 1 is 1.19 bits per heavy atom. The predicted molar refractivity (Wildman–Crippen MR) is 125 cm³/mol. The van der Waals surface area contributed by atoms with Crippen LogP contribution < -0.4 is 4.74 Å². The molecule has 0 bridgehead atoms. The smallest absolute Gasteiger partial charge is 0.148 e. The summed E-state index contributed by atoms with van der Waals surface area (Å²) in [4.78, 5) is 2.41. The highest BCUT2D eigenvalue weighted by Gasteiger charge is 2.33. The van der Waals surface area contributed by atoms with Crippen LogP contribution in [0.2, 0.25) is 0 Å². The molecule has 3 aromatic rings. The first-order valence-electron chi connectivity index (χ1n) is 11.1. The molecule has 1 fully saturated rings. The van der Waals surface area contributed by atoms with Gasteiger partial charge in [0.25, 0.3) is 0 Å². The molecule has 0 spiro atoms. The standard InChI is InChI=1S/C25H26N4O2S/c1-15(2)31-23-9-6-16(12-17(23)13-26)24-27-28-25(32-24)21-5-3-4-20-19(21)7-8-22(20)29-11-10-18(30)14-29/h3-6,9,12,15,18,22,30H,7-8,10-11,14H2,1-2H3/t18-,22+/m1/s1. The van der Waals surface area contributed by atoms with Gasteiger partial charge in [-0.15, -0.1) is 10.2 Å². The molecule has 1 aliphatic carbocycles. The lowest BCUT2D eigenvalue weighted by Gasteiger charge is -2.24. The van der Waals surface area contributed by atoms with Crippen LogP contribution in [0, 0.1) is 11.3 Å². The highest BCUT2D eigenvalue weighted by atomic mass is 32.1. The molecule has 0 unspecified atom stereocenters. The fraction of sp³-hybridized carbons (Fsp3) is 0.400. The lowest BCUT2D eigenvalue weighted by atomic mass is 10.0. The third-order valence-electron chi connectivity index (χ3n) is 6.24. The van der Waals surface area contributed by atoms with E-state index < -0.39 is 0 Å². The Kier molecular flexibility index (Phi) is 5.68. The number of nitrogens with zero attached hydrogens (tertiary/aromatic N) is 4. The number of hydrogen-bond donors (Lipinski definition) is 1. The summed E-state index contributed by atoms with van der Waals surface area (Å²) >= 11 is 1.55. The van der Waals surface area contributed by atoms with Crippen LogP contribution in [0.25, 0.3) is 21.1 Å². The topological polar surface area (TPSA) is 82.3 Å². The van der Waals surface area contributed by atoms with Gasteiger partial charge in [0.1, 0.15) is 21.8 Å². The van der Waals surface area contributed by atoms with Gasteiger partial charge in [0.05, 0.1) is 17.8 Å². The van der Waals surface area contributed by atoms with Gasteiger partial charge in [0.15, 0.2) is 0 Å². The molecule has 0 saturated carbocycles. The Morgan fingerprint density at radius 3 is 2.78 bits per heavy atom. The van der Waals surface area contributed by atoms with E-state index in [0.29, 0.717) is 17.4 Å². The number of hydrogen-bond acceptors (Lipinski definition) is 7. The monoisotopic (exact) mass is 446 g/mol. The molecule has 7 heteroatoms. The normalized spacial score (nSPS) is 20.5. The van der Waals surface area contributed by atoms with Crippen molar-refractivity contribution in [3.8, 4) is 33.0 Å². The number of fused-ring (bicyclic) bond motifs is 1. The average Bonchev–Trinajstić information content (AvgIpc) is 3.52. The molecule has 2 atom stereocenters. The first-order chi connectivity index (χ1) is 15.5. The molecule has 1 saturated heterocycles. The molecule has 1 N–H and O–H groups in total. The van der Waals surface area contributed by atoms with Gasteiger partial charge in [-0.3, -0.25) is 4.90 Å². The molecule has 2 aromatic carbocycles. The fourth-order valence-corrected chi connectivity index (χ4v) is 5.71. The Bertz CT molecular complexity index is 1180. The molecule has 0 radical (unpaired) electrons. The van der Waals surface area contributed by atoms with Gasteiger partial charge in [0, 0.05) is 30.3 Å². The first-order valence-corrected chi connectivity index (χ1v) is 11.9. The third-order valence-corrected chi connectivity index (χ3v) is 7.25. The maximum atomic E-state index is 9.96. The summed E-state index contributed by atoms with van der Waals surface area (Å²) in [5, 5.41) is 30.1. The van der Waals surface area contributed by atoms with Crippen LogP contribution in [0.15, 0.2) is 36.4 Å². The van der Waals surface area contributed by atoms with E-state index in [4.69, 9.17) is 4.74 Å². The van der Waals surface area contributed by atoms with Crippen LogP contribution in [-0.2, 0) is 6.42 Å². The minimum atomic E-state index is -0.205. The van der Waals surface area contributed by atoms with Crippen molar-refractivity contribution in [1.82, 2.24) is 15.1 Å². The van der Waals surface area contributed by atoms with Gasteiger partial charge in [-0.2, -0.15) is 5.26 Å². The number of ether oxygens (including phenoxy) is 1. The number of β-amino-alcohol motifs (C(OH)–C–C–N with tert-alkyl or cyclic N) is 1. The van der Waals surface area contributed by atoms with Crippen LogP contribution in [0.3, 0.4) is 0 Å². The minimum absolute atomic E-state index is 0.00825. The molecule has 2 heterocycles. The molecule has 32 heavy (non-hydrogen) atoms. The number of nitriles is 1. The van der Waals surface area contributed by atoms with Crippen molar-refractivity contribution < 1.29 is 9.84 Å². The maximum Gasteiger partial charge on any atom is 0.148 e. The van der Waals surface area contributed by atoms with Gasteiger partial charge in [-0.25, -0.2) is 0 Å². The maximum absolute atomic E-state index is 9.96. The summed E-state index contributed by atoms with van der Waals surface area (Å²) in [6.45, 7) is 5.60. The minimum Gasteiger partial charge on any atom is -0.490 e. The molecule has 5 rings (SSSR count). The number of likely N-dealkylation sites (tertiary alicyclic amines) is 1. The molecule has 0 amide bonds. The number of benzene rings is 2. The molecule has 1 aliphatic heterocycles. The quantitative estimate of drug-likeness (QED) is 0.618. The Labute approximate surface area is 192 Å². The fourth-order valence-electron chi connectivity index (χ4n) is 4.82. The lowest BCUT2D eigenvalue weighted by molar-refractivity contribution is 0.159. The van der Waals surface area contributed by atoms with Crippen molar-refractivity contribution in [2.75, 3.05) is 13.1 Å². The first kappa shape index (κ1) is 21.1. The van der Waals surface area contributed by atoms with Crippen molar-refractivity contribution in [1.29, 1.82) is 5.26 Å². The number of aliphatic hydroxyl groups is 1. The molecule has 6 nitrogen and oxygen atoms in total. The van der Waals surface area contributed by atoms with Crippen molar-refractivity contribution in [2.45, 2.75) is 51.4 Å². The Morgan fingerprint density at radius 2 is 2.03 bits per heavy atom. The number of aliphatic hydroxyl groups excluding tert-OH is 1. The van der Waals surface area contributed by atoms with E-state index in [2.05, 4.69) is 39.4 Å². The SMILES string of the molecule is CC(C)Oc1ccc(-c2nnc(-c3cccc4c3CC[C@@H]4N3CC[C@@H](O)C3)s2)cc1C#N. The van der Waals surface area contributed by atoms with E-state index in [-0.39, 0.29) is 12.2 Å². The molecule has 1 aromatic heterocycles. The predicted octanol–water partition coefficient (Wildman–Crippen LogP) is 4.58. The van der Waals surface area contributed by atoms with Crippen molar-refractivity contribution >= 4 is 11.3 Å². The van der Waals surface area contributed by atoms with Crippen LogP contribution in [-0.4, -0.2) is 45.5 Å². The average molecular weight is 447 g/mol.